The lowest BCUT2D eigenvalue weighted by Gasteiger charge is -2.22. The Morgan fingerprint density at radius 3 is 2.59 bits per heavy atom. The topological polar surface area (TPSA) is 122 Å². The summed E-state index contributed by atoms with van der Waals surface area (Å²) >= 11 is 0. The number of nitrogens with two attached hydrogens (primary N) is 2. The molecule has 0 radical (unpaired) electrons. The van der Waals surface area contributed by atoms with Crippen LogP contribution in [-0.2, 0) is 0 Å². The van der Waals surface area contributed by atoms with Gasteiger partial charge in [0.2, 0.25) is 5.95 Å². The Balaban J connectivity index is 2.00. The van der Waals surface area contributed by atoms with Gasteiger partial charge in [0, 0.05) is 12.6 Å². The highest BCUT2D eigenvalue weighted by molar-refractivity contribution is 5.50. The number of hydrazine groups is 1. The fraction of sp³-hybridized carbons (Fsp3) is 0.600. The van der Waals surface area contributed by atoms with Gasteiger partial charge >= 0.3 is 0 Å². The summed E-state index contributed by atoms with van der Waals surface area (Å²) in [7, 11) is 0. The van der Waals surface area contributed by atoms with E-state index in [9.17, 15) is 5.11 Å². The van der Waals surface area contributed by atoms with Crippen LogP contribution in [0.15, 0.2) is 6.07 Å². The van der Waals surface area contributed by atoms with Crippen molar-refractivity contribution < 1.29 is 5.11 Å². The summed E-state index contributed by atoms with van der Waals surface area (Å²) in [5.41, 5.74) is 7.31. The molecule has 0 spiro atoms. The number of rotatable bonds is 4. The van der Waals surface area contributed by atoms with E-state index in [-0.39, 0.29) is 5.95 Å². The molecular weight excluding hydrogens is 220 g/mol. The minimum Gasteiger partial charge on any atom is -0.388 e. The second-order valence-electron chi connectivity index (χ2n) is 4.43. The van der Waals surface area contributed by atoms with Gasteiger partial charge in [0.05, 0.1) is 5.60 Å². The first-order chi connectivity index (χ1) is 8.11. The monoisotopic (exact) mass is 238 g/mol. The van der Waals surface area contributed by atoms with E-state index in [2.05, 4.69) is 20.7 Å². The van der Waals surface area contributed by atoms with Crippen LogP contribution in [0.25, 0.3) is 0 Å². The number of aliphatic hydroxyl groups is 1. The molecule has 0 unspecified atom stereocenters. The molecule has 1 saturated carbocycles. The van der Waals surface area contributed by atoms with E-state index in [4.69, 9.17) is 11.6 Å². The van der Waals surface area contributed by atoms with Gasteiger partial charge in [-0.1, -0.05) is 12.8 Å². The Bertz CT molecular complexity index is 390. The molecule has 1 aromatic heterocycles. The first-order valence-electron chi connectivity index (χ1n) is 5.69. The number of nitrogen functional groups attached to an aromatic ring is 2. The average molecular weight is 238 g/mol. The van der Waals surface area contributed by atoms with Gasteiger partial charge in [-0.3, -0.25) is 0 Å². The second kappa shape index (κ2) is 4.72. The van der Waals surface area contributed by atoms with Crippen LogP contribution in [0.4, 0.5) is 17.6 Å². The van der Waals surface area contributed by atoms with E-state index < -0.39 is 5.60 Å². The predicted octanol–water partition coefficient (Wildman–Crippen LogP) is 0.0614. The van der Waals surface area contributed by atoms with Crippen LogP contribution in [-0.4, -0.2) is 27.2 Å². The van der Waals surface area contributed by atoms with E-state index >= 15 is 0 Å². The van der Waals surface area contributed by atoms with Crippen molar-refractivity contribution in [2.45, 2.75) is 31.3 Å². The Morgan fingerprint density at radius 1 is 1.29 bits per heavy atom. The minimum atomic E-state index is -0.629. The van der Waals surface area contributed by atoms with Crippen LogP contribution in [0.3, 0.4) is 0 Å². The van der Waals surface area contributed by atoms with Crippen LogP contribution >= 0.6 is 0 Å². The maximum Gasteiger partial charge on any atom is 0.223 e. The number of anilines is 3. The Kier molecular flexibility index (Phi) is 3.30. The first kappa shape index (κ1) is 11.9. The molecule has 2 rings (SSSR count). The van der Waals surface area contributed by atoms with Crippen molar-refractivity contribution in [2.75, 3.05) is 23.0 Å². The van der Waals surface area contributed by atoms with Crippen molar-refractivity contribution >= 4 is 17.6 Å². The smallest absolute Gasteiger partial charge is 0.223 e. The largest absolute Gasteiger partial charge is 0.388 e. The summed E-state index contributed by atoms with van der Waals surface area (Å²) in [4.78, 5) is 7.90. The van der Waals surface area contributed by atoms with Crippen molar-refractivity contribution in [1.82, 2.24) is 9.97 Å². The molecule has 0 atom stereocenters. The zero-order chi connectivity index (χ0) is 12.3. The van der Waals surface area contributed by atoms with Crippen LogP contribution in [0.2, 0.25) is 0 Å². The molecule has 0 saturated heterocycles. The van der Waals surface area contributed by atoms with E-state index in [1.807, 2.05) is 0 Å². The van der Waals surface area contributed by atoms with Crippen molar-refractivity contribution in [3.05, 3.63) is 6.07 Å². The van der Waals surface area contributed by atoms with Gasteiger partial charge in [0.25, 0.3) is 0 Å². The van der Waals surface area contributed by atoms with E-state index in [1.165, 1.54) is 0 Å². The molecule has 1 heterocycles. The summed E-state index contributed by atoms with van der Waals surface area (Å²) in [5.74, 6) is 6.40. The van der Waals surface area contributed by atoms with Gasteiger partial charge in [0.1, 0.15) is 11.6 Å². The van der Waals surface area contributed by atoms with Crippen LogP contribution < -0.4 is 22.3 Å². The maximum absolute atomic E-state index is 10.2. The highest BCUT2D eigenvalue weighted by atomic mass is 16.3. The lowest BCUT2D eigenvalue weighted by molar-refractivity contribution is 0.0614. The molecule has 1 fully saturated rings. The molecule has 1 aliphatic rings. The molecule has 0 amide bonds. The molecule has 94 valence electrons. The summed E-state index contributed by atoms with van der Waals surface area (Å²) in [6.45, 7) is 0.466. The summed E-state index contributed by atoms with van der Waals surface area (Å²) < 4.78 is 0. The quantitative estimate of drug-likeness (QED) is 0.371. The minimum absolute atomic E-state index is 0.140. The van der Waals surface area contributed by atoms with E-state index in [0.717, 1.165) is 25.7 Å². The van der Waals surface area contributed by atoms with Crippen LogP contribution in [0.5, 0.6) is 0 Å². The highest BCUT2D eigenvalue weighted by Crippen LogP contribution is 2.29. The molecule has 0 aliphatic heterocycles. The third kappa shape index (κ3) is 2.95. The van der Waals surface area contributed by atoms with Gasteiger partial charge in [-0.15, -0.1) is 0 Å². The van der Waals surface area contributed by atoms with Crippen molar-refractivity contribution in [2.24, 2.45) is 5.84 Å². The van der Waals surface area contributed by atoms with Gasteiger partial charge in [0.15, 0.2) is 0 Å². The lowest BCUT2D eigenvalue weighted by atomic mass is 10.0. The normalized spacial score (nSPS) is 18.0. The van der Waals surface area contributed by atoms with Gasteiger partial charge in [-0.05, 0) is 12.8 Å². The summed E-state index contributed by atoms with van der Waals surface area (Å²) in [6.07, 6.45) is 3.78. The fourth-order valence-corrected chi connectivity index (χ4v) is 2.10. The van der Waals surface area contributed by atoms with Gasteiger partial charge in [-0.25, -0.2) is 5.84 Å². The number of hydrogen-bond acceptors (Lipinski definition) is 7. The number of nitrogens with zero attached hydrogens (tertiary/aromatic N) is 2. The number of hydrogen-bond donors (Lipinski definition) is 5. The van der Waals surface area contributed by atoms with Crippen LogP contribution in [0, 0.1) is 0 Å². The molecule has 0 aromatic carbocycles. The molecule has 17 heavy (non-hydrogen) atoms. The zero-order valence-electron chi connectivity index (χ0n) is 9.61. The summed E-state index contributed by atoms with van der Waals surface area (Å²) in [5, 5.41) is 13.2. The maximum atomic E-state index is 10.2. The highest BCUT2D eigenvalue weighted by Gasteiger charge is 2.30. The Labute approximate surface area is 99.6 Å². The first-order valence-corrected chi connectivity index (χ1v) is 5.69. The van der Waals surface area contributed by atoms with Crippen LogP contribution in [0.1, 0.15) is 25.7 Å². The zero-order valence-corrected chi connectivity index (χ0v) is 9.61. The molecule has 1 aromatic rings. The fourth-order valence-electron chi connectivity index (χ4n) is 2.10. The SMILES string of the molecule is NNc1cc(NCC2(O)CCCC2)nc(N)n1. The third-order valence-electron chi connectivity index (χ3n) is 3.02. The molecular formula is C10H18N6O. The average Bonchev–Trinajstić information content (AvgIpc) is 2.73. The standard InChI is InChI=1S/C10H18N6O/c11-9-14-7(5-8(15-9)16-12)13-6-10(17)3-1-2-4-10/h5,17H,1-4,6,12H2,(H4,11,13,14,15,16). The predicted molar refractivity (Wildman–Crippen MR) is 66.2 cm³/mol. The van der Waals surface area contributed by atoms with E-state index in [1.54, 1.807) is 6.07 Å². The molecule has 7 N–H and O–H groups in total. The summed E-state index contributed by atoms with van der Waals surface area (Å²) in [6, 6.07) is 1.65. The number of aromatic nitrogens is 2. The van der Waals surface area contributed by atoms with Gasteiger partial charge < -0.3 is 21.6 Å². The molecule has 0 bridgehead atoms. The number of nitrogens with one attached hydrogen (secondary N) is 2. The van der Waals surface area contributed by atoms with Crippen molar-refractivity contribution in [3.63, 3.8) is 0 Å². The Morgan fingerprint density at radius 2 is 1.94 bits per heavy atom. The van der Waals surface area contributed by atoms with Crippen molar-refractivity contribution in [3.8, 4) is 0 Å². The third-order valence-corrected chi connectivity index (χ3v) is 3.02. The van der Waals surface area contributed by atoms with E-state index in [0.29, 0.717) is 18.2 Å². The van der Waals surface area contributed by atoms with Gasteiger partial charge in [-0.2, -0.15) is 9.97 Å². The lowest BCUT2D eigenvalue weighted by Crippen LogP contribution is -2.33. The van der Waals surface area contributed by atoms with Crippen molar-refractivity contribution in [1.29, 1.82) is 0 Å². The second-order valence-corrected chi connectivity index (χ2v) is 4.43. The Hall–Kier alpha value is -1.60. The molecule has 1 aliphatic carbocycles. The molecule has 7 nitrogen and oxygen atoms in total. The molecule has 7 heteroatoms.